The predicted molar refractivity (Wildman–Crippen MR) is 96.2 cm³/mol. The van der Waals surface area contributed by atoms with Crippen molar-refractivity contribution >= 4 is 11.6 Å². The molecule has 1 aromatic carbocycles. The molecule has 1 amide bonds. The molecule has 3 N–H and O–H groups in total. The zero-order valence-corrected chi connectivity index (χ0v) is 15.0. The molecular weight excluding hydrogens is 290 g/mol. The summed E-state index contributed by atoms with van der Waals surface area (Å²) in [6.45, 7) is 11.3. The maximum absolute atomic E-state index is 12.3. The average Bonchev–Trinajstić information content (AvgIpc) is 2.52. The number of carbonyl (C=O) groups excluding carboxylic acids is 1. The Morgan fingerprint density at radius 2 is 1.91 bits per heavy atom. The molecule has 0 aliphatic heterocycles. The Hall–Kier alpha value is -1.59. The molecule has 130 valence electrons. The summed E-state index contributed by atoms with van der Waals surface area (Å²) in [5.74, 6) is 0.502. The summed E-state index contributed by atoms with van der Waals surface area (Å²) in [7, 11) is 1.67. The molecule has 5 nitrogen and oxygen atoms in total. The molecule has 0 heterocycles. The van der Waals surface area contributed by atoms with E-state index in [1.165, 1.54) is 0 Å². The number of hydrogen-bond donors (Lipinski definition) is 3. The van der Waals surface area contributed by atoms with E-state index in [2.05, 4.69) is 36.7 Å². The van der Waals surface area contributed by atoms with E-state index in [4.69, 9.17) is 4.74 Å². The van der Waals surface area contributed by atoms with Crippen LogP contribution in [0.2, 0.25) is 0 Å². The van der Waals surface area contributed by atoms with Gasteiger partial charge in [-0.3, -0.25) is 4.79 Å². The first-order valence-electron chi connectivity index (χ1n) is 8.31. The SMILES string of the molecule is COCCNCCNC(=O)c1cccc(NC(C)C(C)C)c1C. The third-order valence-electron chi connectivity index (χ3n) is 4.03. The van der Waals surface area contributed by atoms with Crippen LogP contribution in [-0.4, -0.2) is 45.3 Å². The Morgan fingerprint density at radius 3 is 2.57 bits per heavy atom. The first-order valence-corrected chi connectivity index (χ1v) is 8.31. The van der Waals surface area contributed by atoms with Crippen LogP contribution in [0.4, 0.5) is 5.69 Å². The number of rotatable bonds is 10. The molecule has 1 aromatic rings. The summed E-state index contributed by atoms with van der Waals surface area (Å²) < 4.78 is 4.96. The lowest BCUT2D eigenvalue weighted by Crippen LogP contribution is -2.33. The molecule has 23 heavy (non-hydrogen) atoms. The number of anilines is 1. The monoisotopic (exact) mass is 321 g/mol. The lowest BCUT2D eigenvalue weighted by molar-refractivity contribution is 0.0953. The number of carbonyl (C=O) groups is 1. The van der Waals surface area contributed by atoms with Crippen molar-refractivity contribution in [1.29, 1.82) is 0 Å². The number of methoxy groups -OCH3 is 1. The second-order valence-electron chi connectivity index (χ2n) is 6.15. The van der Waals surface area contributed by atoms with Crippen molar-refractivity contribution in [3.8, 4) is 0 Å². The van der Waals surface area contributed by atoms with Crippen LogP contribution in [0.5, 0.6) is 0 Å². The van der Waals surface area contributed by atoms with Gasteiger partial charge in [-0.25, -0.2) is 0 Å². The van der Waals surface area contributed by atoms with Crippen LogP contribution in [-0.2, 0) is 4.74 Å². The van der Waals surface area contributed by atoms with Gasteiger partial charge in [0.1, 0.15) is 0 Å². The summed E-state index contributed by atoms with van der Waals surface area (Å²) in [6, 6.07) is 6.18. The molecule has 0 saturated carbocycles. The molecule has 0 aromatic heterocycles. The van der Waals surface area contributed by atoms with Gasteiger partial charge in [-0.05, 0) is 37.5 Å². The molecule has 1 atom stereocenters. The maximum atomic E-state index is 12.3. The van der Waals surface area contributed by atoms with Crippen LogP contribution >= 0.6 is 0 Å². The van der Waals surface area contributed by atoms with Crippen LogP contribution < -0.4 is 16.0 Å². The Labute approximate surface area is 140 Å². The fourth-order valence-electron chi connectivity index (χ4n) is 2.11. The number of amides is 1. The van der Waals surface area contributed by atoms with Gasteiger partial charge in [0, 0.05) is 44.0 Å². The minimum absolute atomic E-state index is 0.0307. The van der Waals surface area contributed by atoms with E-state index in [1.807, 2.05) is 25.1 Å². The van der Waals surface area contributed by atoms with E-state index in [0.29, 0.717) is 25.1 Å². The van der Waals surface area contributed by atoms with E-state index in [0.717, 1.165) is 29.9 Å². The standard InChI is InChI=1S/C18H31N3O2/c1-13(2)15(4)21-17-8-6-7-16(14(17)3)18(22)20-10-9-19-11-12-23-5/h6-8,13,15,19,21H,9-12H2,1-5H3,(H,20,22). The van der Waals surface area contributed by atoms with E-state index < -0.39 is 0 Å². The Morgan fingerprint density at radius 1 is 1.17 bits per heavy atom. The topological polar surface area (TPSA) is 62.4 Å². The fourth-order valence-corrected chi connectivity index (χ4v) is 2.11. The van der Waals surface area contributed by atoms with E-state index >= 15 is 0 Å². The van der Waals surface area contributed by atoms with E-state index in [1.54, 1.807) is 7.11 Å². The molecule has 1 rings (SSSR count). The molecule has 0 radical (unpaired) electrons. The van der Waals surface area contributed by atoms with Crippen LogP contribution in [0, 0.1) is 12.8 Å². The van der Waals surface area contributed by atoms with Gasteiger partial charge < -0.3 is 20.7 Å². The molecule has 5 heteroatoms. The normalized spacial score (nSPS) is 12.3. The number of benzene rings is 1. The second kappa shape index (κ2) is 10.2. The highest BCUT2D eigenvalue weighted by molar-refractivity contribution is 5.97. The van der Waals surface area contributed by atoms with Gasteiger partial charge in [-0.1, -0.05) is 19.9 Å². The molecule has 0 fully saturated rings. The van der Waals surface area contributed by atoms with Crippen molar-refractivity contribution < 1.29 is 9.53 Å². The summed E-state index contributed by atoms with van der Waals surface area (Å²) in [5, 5.41) is 9.64. The molecule has 0 aliphatic carbocycles. The summed E-state index contributed by atoms with van der Waals surface area (Å²) in [6.07, 6.45) is 0. The first kappa shape index (κ1) is 19.5. The predicted octanol–water partition coefficient (Wildman–Crippen LogP) is 2.42. The molecular formula is C18H31N3O2. The highest BCUT2D eigenvalue weighted by atomic mass is 16.5. The van der Waals surface area contributed by atoms with Gasteiger partial charge in [0.05, 0.1) is 6.61 Å². The van der Waals surface area contributed by atoms with Crippen molar-refractivity contribution in [2.24, 2.45) is 5.92 Å². The third-order valence-corrected chi connectivity index (χ3v) is 4.03. The van der Waals surface area contributed by atoms with Gasteiger partial charge >= 0.3 is 0 Å². The maximum Gasteiger partial charge on any atom is 0.251 e. The smallest absolute Gasteiger partial charge is 0.251 e. The minimum atomic E-state index is -0.0307. The van der Waals surface area contributed by atoms with Gasteiger partial charge in [0.2, 0.25) is 0 Å². The largest absolute Gasteiger partial charge is 0.383 e. The molecule has 0 spiro atoms. The Kier molecular flexibility index (Phi) is 8.66. The van der Waals surface area contributed by atoms with Gasteiger partial charge in [0.25, 0.3) is 5.91 Å². The summed E-state index contributed by atoms with van der Waals surface area (Å²) in [4.78, 5) is 12.3. The highest BCUT2D eigenvalue weighted by Crippen LogP contribution is 2.21. The fraction of sp³-hybridized carbons (Fsp3) is 0.611. The van der Waals surface area contributed by atoms with Crippen molar-refractivity contribution in [3.63, 3.8) is 0 Å². The van der Waals surface area contributed by atoms with Crippen molar-refractivity contribution in [1.82, 2.24) is 10.6 Å². The molecule has 0 bridgehead atoms. The first-order chi connectivity index (χ1) is 11.0. The van der Waals surface area contributed by atoms with Crippen molar-refractivity contribution in [2.75, 3.05) is 38.7 Å². The summed E-state index contributed by atoms with van der Waals surface area (Å²) >= 11 is 0. The van der Waals surface area contributed by atoms with Crippen LogP contribution in [0.25, 0.3) is 0 Å². The zero-order valence-electron chi connectivity index (χ0n) is 15.0. The molecule has 0 aliphatic rings. The second-order valence-corrected chi connectivity index (χ2v) is 6.15. The summed E-state index contributed by atoms with van der Waals surface area (Å²) in [5.41, 5.74) is 2.74. The highest BCUT2D eigenvalue weighted by Gasteiger charge is 2.13. The zero-order chi connectivity index (χ0) is 17.2. The lowest BCUT2D eigenvalue weighted by Gasteiger charge is -2.21. The number of nitrogens with one attached hydrogen (secondary N) is 3. The third kappa shape index (κ3) is 6.59. The minimum Gasteiger partial charge on any atom is -0.383 e. The van der Waals surface area contributed by atoms with Gasteiger partial charge in [0.15, 0.2) is 0 Å². The quantitative estimate of drug-likeness (QED) is 0.579. The van der Waals surface area contributed by atoms with Crippen LogP contribution in [0.15, 0.2) is 18.2 Å². The molecule has 1 unspecified atom stereocenters. The van der Waals surface area contributed by atoms with Crippen LogP contribution in [0.1, 0.15) is 36.7 Å². The Balaban J connectivity index is 2.57. The molecule has 0 saturated heterocycles. The van der Waals surface area contributed by atoms with E-state index in [9.17, 15) is 4.79 Å². The van der Waals surface area contributed by atoms with Crippen molar-refractivity contribution in [3.05, 3.63) is 29.3 Å². The van der Waals surface area contributed by atoms with Crippen LogP contribution in [0.3, 0.4) is 0 Å². The number of ether oxygens (including phenoxy) is 1. The van der Waals surface area contributed by atoms with Gasteiger partial charge in [-0.2, -0.15) is 0 Å². The average molecular weight is 321 g/mol. The van der Waals surface area contributed by atoms with Gasteiger partial charge in [-0.15, -0.1) is 0 Å². The lowest BCUT2D eigenvalue weighted by atomic mass is 10.0. The Bertz CT molecular complexity index is 489. The van der Waals surface area contributed by atoms with E-state index in [-0.39, 0.29) is 5.91 Å². The van der Waals surface area contributed by atoms with Crippen molar-refractivity contribution in [2.45, 2.75) is 33.7 Å². The number of hydrogen-bond acceptors (Lipinski definition) is 4.